The van der Waals surface area contributed by atoms with Crippen LogP contribution < -0.4 is 5.32 Å². The van der Waals surface area contributed by atoms with Gasteiger partial charge in [0.25, 0.3) is 5.91 Å². The lowest BCUT2D eigenvalue weighted by Crippen LogP contribution is -2.25. The SMILES string of the molecule is Cc1cc2ccccc2n1CCCNC(=O)c1cc(-c2ccccc2)n[nH]1. The molecule has 0 aliphatic rings. The average molecular weight is 358 g/mol. The molecule has 2 N–H and O–H groups in total. The number of aromatic amines is 1. The van der Waals surface area contributed by atoms with Crippen LogP contribution in [0.4, 0.5) is 0 Å². The highest BCUT2D eigenvalue weighted by atomic mass is 16.1. The zero-order valence-corrected chi connectivity index (χ0v) is 15.3. The third-order valence-electron chi connectivity index (χ3n) is 4.75. The first-order valence-corrected chi connectivity index (χ1v) is 9.16. The van der Waals surface area contributed by atoms with Crippen LogP contribution in [0.2, 0.25) is 0 Å². The average Bonchev–Trinajstić information content (AvgIpc) is 3.31. The van der Waals surface area contributed by atoms with E-state index in [1.165, 1.54) is 16.6 Å². The van der Waals surface area contributed by atoms with Gasteiger partial charge in [-0.2, -0.15) is 5.10 Å². The summed E-state index contributed by atoms with van der Waals surface area (Å²) in [7, 11) is 0. The molecule has 136 valence electrons. The van der Waals surface area contributed by atoms with Crippen LogP contribution in [0, 0.1) is 6.92 Å². The van der Waals surface area contributed by atoms with Crippen molar-refractivity contribution in [2.75, 3.05) is 6.54 Å². The lowest BCUT2D eigenvalue weighted by molar-refractivity contribution is 0.0948. The van der Waals surface area contributed by atoms with Crippen molar-refractivity contribution in [1.29, 1.82) is 0 Å². The summed E-state index contributed by atoms with van der Waals surface area (Å²) in [5.41, 5.74) is 4.72. The predicted octanol–water partition coefficient (Wildman–Crippen LogP) is 4.16. The van der Waals surface area contributed by atoms with Crippen LogP contribution in [0.25, 0.3) is 22.2 Å². The lowest BCUT2D eigenvalue weighted by Gasteiger charge is -2.09. The minimum Gasteiger partial charge on any atom is -0.351 e. The second kappa shape index (κ2) is 7.50. The highest BCUT2D eigenvalue weighted by molar-refractivity contribution is 5.93. The lowest BCUT2D eigenvalue weighted by atomic mass is 10.1. The highest BCUT2D eigenvalue weighted by Gasteiger charge is 2.11. The van der Waals surface area contributed by atoms with Gasteiger partial charge >= 0.3 is 0 Å². The Morgan fingerprint density at radius 3 is 2.70 bits per heavy atom. The molecule has 0 unspecified atom stereocenters. The van der Waals surface area contributed by atoms with Gasteiger partial charge in [-0.3, -0.25) is 9.89 Å². The van der Waals surface area contributed by atoms with Gasteiger partial charge < -0.3 is 9.88 Å². The quantitative estimate of drug-likeness (QED) is 0.508. The summed E-state index contributed by atoms with van der Waals surface area (Å²) in [6, 6.07) is 22.2. The number of para-hydroxylation sites is 1. The number of aromatic nitrogens is 3. The fourth-order valence-corrected chi connectivity index (χ4v) is 3.37. The monoisotopic (exact) mass is 358 g/mol. The zero-order valence-electron chi connectivity index (χ0n) is 15.3. The Kier molecular flexibility index (Phi) is 4.75. The van der Waals surface area contributed by atoms with Gasteiger partial charge in [0.15, 0.2) is 0 Å². The Morgan fingerprint density at radius 2 is 1.85 bits per heavy atom. The molecule has 4 aromatic rings. The fraction of sp³-hybridized carbons (Fsp3) is 0.182. The van der Waals surface area contributed by atoms with Crippen molar-refractivity contribution < 1.29 is 4.79 Å². The van der Waals surface area contributed by atoms with Crippen LogP contribution in [0.1, 0.15) is 22.6 Å². The number of fused-ring (bicyclic) bond motifs is 1. The van der Waals surface area contributed by atoms with Gasteiger partial charge in [0.1, 0.15) is 5.69 Å². The maximum atomic E-state index is 12.3. The molecule has 2 aromatic carbocycles. The van der Waals surface area contributed by atoms with Crippen molar-refractivity contribution in [1.82, 2.24) is 20.1 Å². The number of hydrogen-bond acceptors (Lipinski definition) is 2. The van der Waals surface area contributed by atoms with Gasteiger partial charge in [-0.05, 0) is 36.9 Å². The van der Waals surface area contributed by atoms with Crippen molar-refractivity contribution in [3.05, 3.63) is 78.1 Å². The van der Waals surface area contributed by atoms with Gasteiger partial charge in [0.2, 0.25) is 0 Å². The molecule has 4 rings (SSSR count). The highest BCUT2D eigenvalue weighted by Crippen LogP contribution is 2.19. The number of carbonyl (C=O) groups is 1. The largest absolute Gasteiger partial charge is 0.351 e. The maximum Gasteiger partial charge on any atom is 0.269 e. The van der Waals surface area contributed by atoms with Crippen molar-refractivity contribution in [2.45, 2.75) is 19.9 Å². The van der Waals surface area contributed by atoms with Gasteiger partial charge in [0, 0.05) is 29.9 Å². The van der Waals surface area contributed by atoms with Crippen molar-refractivity contribution in [3.63, 3.8) is 0 Å². The second-order valence-electron chi connectivity index (χ2n) is 6.64. The molecule has 0 saturated heterocycles. The van der Waals surface area contributed by atoms with Crippen LogP contribution in [0.15, 0.2) is 66.7 Å². The molecule has 0 aliphatic carbocycles. The third kappa shape index (κ3) is 3.62. The van der Waals surface area contributed by atoms with Crippen LogP contribution in [-0.4, -0.2) is 27.2 Å². The molecule has 0 saturated carbocycles. The molecule has 0 bridgehead atoms. The van der Waals surface area contributed by atoms with Crippen molar-refractivity contribution in [3.8, 4) is 11.3 Å². The smallest absolute Gasteiger partial charge is 0.269 e. The third-order valence-corrected chi connectivity index (χ3v) is 4.75. The Bertz CT molecular complexity index is 1060. The fourth-order valence-electron chi connectivity index (χ4n) is 3.37. The number of hydrogen-bond donors (Lipinski definition) is 2. The van der Waals surface area contributed by atoms with Crippen LogP contribution in [-0.2, 0) is 6.54 Å². The first-order valence-electron chi connectivity index (χ1n) is 9.16. The second-order valence-corrected chi connectivity index (χ2v) is 6.64. The molecule has 0 radical (unpaired) electrons. The molecule has 0 spiro atoms. The zero-order chi connectivity index (χ0) is 18.6. The minimum atomic E-state index is -0.126. The van der Waals surface area contributed by atoms with Crippen molar-refractivity contribution >= 4 is 16.8 Å². The minimum absolute atomic E-state index is 0.126. The van der Waals surface area contributed by atoms with E-state index in [1.807, 2.05) is 30.3 Å². The Morgan fingerprint density at radius 1 is 1.07 bits per heavy atom. The summed E-state index contributed by atoms with van der Waals surface area (Å²) in [5, 5.41) is 11.3. The summed E-state index contributed by atoms with van der Waals surface area (Å²) in [6.07, 6.45) is 0.866. The number of nitrogens with one attached hydrogen (secondary N) is 2. The van der Waals surface area contributed by atoms with E-state index in [-0.39, 0.29) is 5.91 Å². The maximum absolute atomic E-state index is 12.3. The first kappa shape index (κ1) is 17.1. The number of amides is 1. The van der Waals surface area contributed by atoms with Gasteiger partial charge in [-0.25, -0.2) is 0 Å². The Labute approximate surface area is 158 Å². The molecule has 5 heteroatoms. The Hall–Kier alpha value is -3.34. The number of benzene rings is 2. The van der Waals surface area contributed by atoms with E-state index >= 15 is 0 Å². The van der Waals surface area contributed by atoms with E-state index in [1.54, 1.807) is 6.07 Å². The number of nitrogens with zero attached hydrogens (tertiary/aromatic N) is 2. The molecule has 0 aliphatic heterocycles. The molecule has 27 heavy (non-hydrogen) atoms. The molecule has 5 nitrogen and oxygen atoms in total. The molecule has 2 aromatic heterocycles. The standard InChI is InChI=1S/C22H22N4O/c1-16-14-18-10-5-6-11-21(18)26(16)13-7-12-23-22(27)20-15-19(24-25-20)17-8-3-2-4-9-17/h2-6,8-11,14-15H,7,12-13H2,1H3,(H,23,27)(H,24,25). The molecular weight excluding hydrogens is 336 g/mol. The van der Waals surface area contributed by atoms with Gasteiger partial charge in [-0.15, -0.1) is 0 Å². The van der Waals surface area contributed by atoms with E-state index in [4.69, 9.17) is 0 Å². The molecule has 1 amide bonds. The molecule has 2 heterocycles. The van der Waals surface area contributed by atoms with Crippen LogP contribution >= 0.6 is 0 Å². The predicted molar refractivity (Wildman–Crippen MR) is 108 cm³/mol. The molecule has 0 fully saturated rings. The van der Waals surface area contributed by atoms with E-state index in [0.717, 1.165) is 24.2 Å². The number of aryl methyl sites for hydroxylation is 2. The van der Waals surface area contributed by atoms with Gasteiger partial charge in [0.05, 0.1) is 5.69 Å². The number of rotatable bonds is 6. The van der Waals surface area contributed by atoms with Gasteiger partial charge in [-0.1, -0.05) is 48.5 Å². The van der Waals surface area contributed by atoms with Crippen molar-refractivity contribution in [2.24, 2.45) is 0 Å². The summed E-state index contributed by atoms with van der Waals surface area (Å²) >= 11 is 0. The number of H-pyrrole nitrogens is 1. The summed E-state index contributed by atoms with van der Waals surface area (Å²) in [4.78, 5) is 12.3. The molecular formula is C22H22N4O. The normalized spacial score (nSPS) is 11.0. The summed E-state index contributed by atoms with van der Waals surface area (Å²) < 4.78 is 2.30. The van der Waals surface area contributed by atoms with E-state index < -0.39 is 0 Å². The Balaban J connectivity index is 1.33. The number of carbonyl (C=O) groups excluding carboxylic acids is 1. The van der Waals surface area contributed by atoms with E-state index in [2.05, 4.69) is 57.3 Å². The summed E-state index contributed by atoms with van der Waals surface area (Å²) in [6.45, 7) is 3.61. The summed E-state index contributed by atoms with van der Waals surface area (Å²) in [5.74, 6) is -0.126. The van der Waals surface area contributed by atoms with Crippen LogP contribution in [0.5, 0.6) is 0 Å². The topological polar surface area (TPSA) is 62.7 Å². The molecule has 0 atom stereocenters. The van der Waals surface area contributed by atoms with E-state index in [9.17, 15) is 4.79 Å². The van der Waals surface area contributed by atoms with Crippen LogP contribution in [0.3, 0.4) is 0 Å². The first-order chi connectivity index (χ1) is 13.2. The van der Waals surface area contributed by atoms with E-state index in [0.29, 0.717) is 12.2 Å².